The van der Waals surface area contributed by atoms with Crippen LogP contribution in [-0.4, -0.2) is 9.38 Å². The van der Waals surface area contributed by atoms with Gasteiger partial charge in [0.2, 0.25) is 0 Å². The molecule has 4 heteroatoms. The van der Waals surface area contributed by atoms with Crippen molar-refractivity contribution in [1.29, 1.82) is 0 Å². The fourth-order valence-corrected chi connectivity index (χ4v) is 8.93. The number of benzene rings is 6. The number of hydrogen-bond donors (Lipinski definition) is 0. The van der Waals surface area contributed by atoms with E-state index in [1.807, 2.05) is 85.1 Å². The van der Waals surface area contributed by atoms with Crippen LogP contribution in [0.25, 0.3) is 49.7 Å². The predicted molar refractivity (Wildman–Crippen MR) is 180 cm³/mol. The zero-order chi connectivity index (χ0) is 28.8. The van der Waals surface area contributed by atoms with Gasteiger partial charge in [0.25, 0.3) is 0 Å². The van der Waals surface area contributed by atoms with E-state index in [0.29, 0.717) is 0 Å². The van der Waals surface area contributed by atoms with Gasteiger partial charge in [-0.15, -0.1) is 0 Å². The molecule has 8 aromatic rings. The molecular formula is C39H27N2OP. The lowest BCUT2D eigenvalue weighted by Gasteiger charge is -2.20. The van der Waals surface area contributed by atoms with Crippen molar-refractivity contribution in [2.24, 2.45) is 0 Å². The van der Waals surface area contributed by atoms with Crippen LogP contribution >= 0.6 is 7.14 Å². The molecule has 0 unspecified atom stereocenters. The third-order valence-electron chi connectivity index (χ3n) is 8.31. The first-order valence-electron chi connectivity index (χ1n) is 14.4. The number of aromatic nitrogens is 2. The van der Waals surface area contributed by atoms with E-state index in [1.165, 1.54) is 16.5 Å². The standard InChI is InChI=1S/C39H27N2OP/c42-43(31-14-3-1-4-15-31,32-16-5-2-6-17-32)33-24-22-28(23-25-33)29-12-11-13-30(26-29)39-34-18-7-9-20-36(34)41-37-21-10-8-19-35(37)40-27-38(39)41/h1-27H. The molecular weight excluding hydrogens is 543 g/mol. The highest BCUT2D eigenvalue weighted by Crippen LogP contribution is 2.43. The molecule has 0 amide bonds. The second-order valence-electron chi connectivity index (χ2n) is 10.8. The summed E-state index contributed by atoms with van der Waals surface area (Å²) in [5.74, 6) is 0. The first kappa shape index (κ1) is 25.5. The van der Waals surface area contributed by atoms with Crippen LogP contribution < -0.4 is 15.9 Å². The molecule has 0 bridgehead atoms. The van der Waals surface area contributed by atoms with E-state index in [4.69, 9.17) is 4.98 Å². The lowest BCUT2D eigenvalue weighted by molar-refractivity contribution is 0.592. The monoisotopic (exact) mass is 570 g/mol. The highest BCUT2D eigenvalue weighted by Gasteiger charge is 2.29. The summed E-state index contributed by atoms with van der Waals surface area (Å²) in [7, 11) is -3.02. The molecule has 0 aliphatic rings. The molecule has 3 nitrogen and oxygen atoms in total. The van der Waals surface area contributed by atoms with Crippen molar-refractivity contribution >= 4 is 50.5 Å². The normalized spacial score (nSPS) is 11.8. The van der Waals surface area contributed by atoms with E-state index in [9.17, 15) is 4.57 Å². The Hall–Kier alpha value is -5.24. The average Bonchev–Trinajstić information content (AvgIpc) is 3.44. The van der Waals surface area contributed by atoms with E-state index < -0.39 is 7.14 Å². The molecule has 0 saturated carbocycles. The molecule has 204 valence electrons. The second-order valence-corrected chi connectivity index (χ2v) is 13.5. The lowest BCUT2D eigenvalue weighted by atomic mass is 9.98. The molecule has 0 atom stereocenters. The summed E-state index contributed by atoms with van der Waals surface area (Å²) in [6.07, 6.45) is 1.99. The Kier molecular flexibility index (Phi) is 6.06. The van der Waals surface area contributed by atoms with Crippen LogP contribution in [0.4, 0.5) is 0 Å². The minimum Gasteiger partial charge on any atom is -0.309 e. The highest BCUT2D eigenvalue weighted by atomic mass is 31.2. The maximum absolute atomic E-state index is 14.8. The predicted octanol–water partition coefficient (Wildman–Crippen LogP) is 8.61. The summed E-state index contributed by atoms with van der Waals surface area (Å²) in [5, 5.41) is 3.70. The van der Waals surface area contributed by atoms with Crippen LogP contribution in [0, 0.1) is 0 Å². The van der Waals surface area contributed by atoms with Gasteiger partial charge in [-0.2, -0.15) is 0 Å². The zero-order valence-corrected chi connectivity index (χ0v) is 24.2. The number of nitrogens with zero attached hydrogens (tertiary/aromatic N) is 2. The van der Waals surface area contributed by atoms with Crippen LogP contribution in [0.5, 0.6) is 0 Å². The first-order chi connectivity index (χ1) is 21.2. The lowest BCUT2D eigenvalue weighted by Crippen LogP contribution is -2.24. The molecule has 43 heavy (non-hydrogen) atoms. The quantitative estimate of drug-likeness (QED) is 0.194. The van der Waals surface area contributed by atoms with Crippen LogP contribution in [0.3, 0.4) is 0 Å². The van der Waals surface area contributed by atoms with Crippen molar-refractivity contribution < 1.29 is 4.57 Å². The zero-order valence-electron chi connectivity index (χ0n) is 23.3. The van der Waals surface area contributed by atoms with Gasteiger partial charge in [-0.1, -0.05) is 133 Å². The fourth-order valence-electron chi connectivity index (χ4n) is 6.28. The van der Waals surface area contributed by atoms with Crippen molar-refractivity contribution in [2.45, 2.75) is 0 Å². The van der Waals surface area contributed by atoms with Gasteiger partial charge < -0.3 is 8.97 Å². The highest BCUT2D eigenvalue weighted by molar-refractivity contribution is 7.85. The van der Waals surface area contributed by atoms with Crippen LogP contribution in [0.15, 0.2) is 164 Å². The van der Waals surface area contributed by atoms with Crippen molar-refractivity contribution in [3.63, 3.8) is 0 Å². The summed E-state index contributed by atoms with van der Waals surface area (Å²) >= 11 is 0. The maximum atomic E-state index is 14.8. The smallest absolute Gasteiger partial charge is 0.171 e. The number of hydrogen-bond acceptors (Lipinski definition) is 2. The molecule has 8 rings (SSSR count). The average molecular weight is 571 g/mol. The minimum absolute atomic E-state index is 0.826. The summed E-state index contributed by atoms with van der Waals surface area (Å²) in [5.41, 5.74) is 8.80. The molecule has 2 aromatic heterocycles. The largest absolute Gasteiger partial charge is 0.309 e. The Bertz CT molecular complexity index is 2260. The van der Waals surface area contributed by atoms with Crippen molar-refractivity contribution in [1.82, 2.24) is 9.38 Å². The Morgan fingerprint density at radius 1 is 0.465 bits per heavy atom. The van der Waals surface area contributed by atoms with Gasteiger partial charge in [0.05, 0.1) is 28.3 Å². The van der Waals surface area contributed by atoms with Gasteiger partial charge in [0.1, 0.15) is 0 Å². The van der Waals surface area contributed by atoms with E-state index in [-0.39, 0.29) is 0 Å². The summed E-state index contributed by atoms with van der Waals surface area (Å²) in [4.78, 5) is 4.81. The summed E-state index contributed by atoms with van der Waals surface area (Å²) in [6.45, 7) is 0. The Labute approximate surface area is 250 Å². The van der Waals surface area contributed by atoms with Gasteiger partial charge in [-0.05, 0) is 41.0 Å². The molecule has 0 aliphatic heterocycles. The topological polar surface area (TPSA) is 34.4 Å². The maximum Gasteiger partial charge on any atom is 0.171 e. The van der Waals surface area contributed by atoms with Gasteiger partial charge in [-0.3, -0.25) is 4.98 Å². The molecule has 0 saturated heterocycles. The van der Waals surface area contributed by atoms with Crippen LogP contribution in [-0.2, 0) is 4.57 Å². The Balaban J connectivity index is 1.25. The third-order valence-corrected chi connectivity index (χ3v) is 11.4. The third kappa shape index (κ3) is 4.13. The summed E-state index contributed by atoms with van der Waals surface area (Å²) in [6, 6.07) is 53.4. The van der Waals surface area contributed by atoms with Crippen molar-refractivity contribution in [2.75, 3.05) is 0 Å². The van der Waals surface area contributed by atoms with Crippen molar-refractivity contribution in [3.05, 3.63) is 164 Å². The van der Waals surface area contributed by atoms with E-state index in [2.05, 4.69) is 83.3 Å². The van der Waals surface area contributed by atoms with Gasteiger partial charge >= 0.3 is 0 Å². The second kappa shape index (κ2) is 10.2. The molecule has 0 N–H and O–H groups in total. The first-order valence-corrected chi connectivity index (χ1v) is 16.1. The number of rotatable bonds is 5. The van der Waals surface area contributed by atoms with E-state index in [1.54, 1.807) is 0 Å². The van der Waals surface area contributed by atoms with Crippen LogP contribution in [0.1, 0.15) is 0 Å². The molecule has 2 heterocycles. The fraction of sp³-hybridized carbons (Fsp3) is 0. The number of para-hydroxylation sites is 3. The molecule has 0 fully saturated rings. The van der Waals surface area contributed by atoms with Crippen molar-refractivity contribution in [3.8, 4) is 22.3 Å². The van der Waals surface area contributed by atoms with Gasteiger partial charge in [0, 0.05) is 26.9 Å². The molecule has 0 spiro atoms. The Morgan fingerprint density at radius 3 is 1.77 bits per heavy atom. The minimum atomic E-state index is -3.02. The van der Waals surface area contributed by atoms with Crippen LogP contribution in [0.2, 0.25) is 0 Å². The van der Waals surface area contributed by atoms with Gasteiger partial charge in [-0.25, -0.2) is 0 Å². The van der Waals surface area contributed by atoms with E-state index in [0.717, 1.165) is 49.2 Å². The number of fused-ring (bicyclic) bond motifs is 5. The molecule has 0 radical (unpaired) electrons. The SMILES string of the molecule is O=P(c1ccccc1)(c1ccccc1)c1ccc(-c2cccc(-c3c4ccccc4n4c3cnc3ccccc34)c2)cc1. The molecule has 0 aliphatic carbocycles. The summed E-state index contributed by atoms with van der Waals surface area (Å²) < 4.78 is 17.1. The van der Waals surface area contributed by atoms with E-state index >= 15 is 0 Å². The Morgan fingerprint density at radius 2 is 1.05 bits per heavy atom. The van der Waals surface area contributed by atoms with Gasteiger partial charge in [0.15, 0.2) is 7.14 Å². The molecule has 6 aromatic carbocycles.